The van der Waals surface area contributed by atoms with Gasteiger partial charge in [-0.15, -0.1) is 0 Å². The Morgan fingerprint density at radius 1 is 1.21 bits per heavy atom. The average Bonchev–Trinajstić information content (AvgIpc) is 3.20. The Kier molecular flexibility index (Phi) is 7.98. The molecule has 1 aliphatic heterocycles. The van der Waals surface area contributed by atoms with E-state index in [4.69, 9.17) is 14.6 Å². The van der Waals surface area contributed by atoms with Gasteiger partial charge in [-0.2, -0.15) is 0 Å². The third-order valence-electron chi connectivity index (χ3n) is 6.35. The number of aliphatic hydroxyl groups is 3. The van der Waals surface area contributed by atoms with E-state index < -0.39 is 30.1 Å². The number of nitrogens with zero attached hydrogens (tertiary/aromatic N) is 1. The predicted octanol–water partition coefficient (Wildman–Crippen LogP) is 1.79. The molecule has 0 aromatic heterocycles. The molecule has 0 aliphatic carbocycles. The minimum absolute atomic E-state index is 0.167. The molecule has 7 heteroatoms. The second-order valence-electron chi connectivity index (χ2n) is 8.52. The van der Waals surface area contributed by atoms with Crippen LogP contribution in [0, 0.1) is 17.3 Å². The molecular weight excluding hydrogens is 422 g/mol. The maximum atomic E-state index is 12.5. The highest BCUT2D eigenvalue weighted by atomic mass is 16.5. The molecule has 0 spiro atoms. The number of aliphatic hydroxyl groups excluding tert-OH is 3. The molecule has 0 bridgehead atoms. The van der Waals surface area contributed by atoms with E-state index in [2.05, 4.69) is 11.8 Å². The Morgan fingerprint density at radius 2 is 1.94 bits per heavy atom. The van der Waals surface area contributed by atoms with E-state index in [0.717, 1.165) is 11.1 Å². The van der Waals surface area contributed by atoms with Gasteiger partial charge in [0.05, 0.1) is 19.8 Å². The van der Waals surface area contributed by atoms with E-state index in [1.54, 1.807) is 20.1 Å². The molecule has 3 rings (SSSR count). The smallest absolute Gasteiger partial charge is 0.253 e. The van der Waals surface area contributed by atoms with Crippen LogP contribution in [-0.2, 0) is 4.79 Å². The first kappa shape index (κ1) is 24.6. The molecular formula is C26H31NO6. The molecule has 1 heterocycles. The van der Waals surface area contributed by atoms with Crippen LogP contribution in [-0.4, -0.2) is 71.7 Å². The number of methoxy groups -OCH3 is 1. The summed E-state index contributed by atoms with van der Waals surface area (Å²) in [4.78, 5) is 14.0. The Balaban J connectivity index is 1.83. The van der Waals surface area contributed by atoms with E-state index >= 15 is 0 Å². The highest BCUT2D eigenvalue weighted by molar-refractivity contribution is 5.81. The molecule has 0 unspecified atom stereocenters. The van der Waals surface area contributed by atoms with Crippen LogP contribution in [0.15, 0.2) is 48.5 Å². The number of ether oxygens (including phenoxy) is 2. The summed E-state index contributed by atoms with van der Waals surface area (Å²) in [7, 11) is 1.56. The van der Waals surface area contributed by atoms with Crippen molar-refractivity contribution in [1.29, 1.82) is 0 Å². The minimum Gasteiger partial charge on any atom is -0.493 e. The lowest BCUT2D eigenvalue weighted by atomic mass is 9.72. The van der Waals surface area contributed by atoms with Crippen molar-refractivity contribution in [3.63, 3.8) is 0 Å². The van der Waals surface area contributed by atoms with E-state index in [1.807, 2.05) is 49.4 Å². The van der Waals surface area contributed by atoms with Crippen molar-refractivity contribution in [1.82, 2.24) is 4.90 Å². The summed E-state index contributed by atoms with van der Waals surface area (Å²) in [6.45, 7) is 3.70. The van der Waals surface area contributed by atoms with Gasteiger partial charge in [0.1, 0.15) is 6.61 Å². The van der Waals surface area contributed by atoms with E-state index in [-0.39, 0.29) is 19.1 Å². The predicted molar refractivity (Wildman–Crippen MR) is 124 cm³/mol. The molecule has 33 heavy (non-hydrogen) atoms. The molecule has 4 atom stereocenters. The largest absolute Gasteiger partial charge is 0.493 e. The maximum absolute atomic E-state index is 12.5. The van der Waals surface area contributed by atoms with Crippen molar-refractivity contribution >= 4 is 5.91 Å². The van der Waals surface area contributed by atoms with Gasteiger partial charge in [-0.25, -0.2) is 0 Å². The number of amides is 1. The Morgan fingerprint density at radius 3 is 2.58 bits per heavy atom. The van der Waals surface area contributed by atoms with Crippen molar-refractivity contribution in [2.24, 2.45) is 5.41 Å². The molecule has 2 aromatic carbocycles. The summed E-state index contributed by atoms with van der Waals surface area (Å²) >= 11 is 0. The first-order valence-electron chi connectivity index (χ1n) is 10.9. The summed E-state index contributed by atoms with van der Waals surface area (Å²) in [5.41, 5.74) is 1.12. The van der Waals surface area contributed by atoms with Gasteiger partial charge >= 0.3 is 0 Å². The summed E-state index contributed by atoms with van der Waals surface area (Å²) in [5.74, 6) is 6.36. The summed E-state index contributed by atoms with van der Waals surface area (Å²) < 4.78 is 11.3. The summed E-state index contributed by atoms with van der Waals surface area (Å²) in [6, 6.07) is 15.2. The Hall–Kier alpha value is -3.05. The molecule has 3 N–H and O–H groups in total. The monoisotopic (exact) mass is 453 g/mol. The Labute approximate surface area is 194 Å². The van der Waals surface area contributed by atoms with Gasteiger partial charge in [-0.05, 0) is 36.8 Å². The van der Waals surface area contributed by atoms with Gasteiger partial charge in [0.25, 0.3) is 5.91 Å². The number of carbonyl (C=O) groups excluding carboxylic acids is 1. The molecule has 0 saturated carbocycles. The molecule has 176 valence electrons. The normalized spacial score (nSPS) is 21.6. The lowest BCUT2D eigenvalue weighted by Gasteiger charge is -2.34. The van der Waals surface area contributed by atoms with Crippen LogP contribution in [0.4, 0.5) is 0 Å². The van der Waals surface area contributed by atoms with Crippen LogP contribution >= 0.6 is 0 Å². The highest BCUT2D eigenvalue weighted by Gasteiger charge is 2.49. The number of likely N-dealkylation sites (tertiary alicyclic amines) is 1. The first-order chi connectivity index (χ1) is 15.8. The molecule has 0 radical (unpaired) electrons. The lowest BCUT2D eigenvalue weighted by molar-refractivity contribution is -0.141. The standard InChI is InChI=1S/C26H31NO6/c1-18(29)26(2)17-27(25(31)22(30)16-28)15-21(26)20-11-12-23(32-3)24(14-20)33-13-7-10-19-8-5-4-6-9-19/h4-6,8-9,11-12,14,18,21-22,28-30H,13,15-17H2,1-3H3/t18-,21+,22-,26+/m1/s1. The second-order valence-corrected chi connectivity index (χ2v) is 8.52. The lowest BCUT2D eigenvalue weighted by Crippen LogP contribution is -2.42. The van der Waals surface area contributed by atoms with Gasteiger partial charge in [0.15, 0.2) is 17.6 Å². The van der Waals surface area contributed by atoms with E-state index in [0.29, 0.717) is 18.0 Å². The molecule has 7 nitrogen and oxygen atoms in total. The molecule has 1 saturated heterocycles. The van der Waals surface area contributed by atoms with Crippen molar-refractivity contribution in [3.8, 4) is 23.3 Å². The third-order valence-corrected chi connectivity index (χ3v) is 6.35. The quantitative estimate of drug-likeness (QED) is 0.553. The van der Waals surface area contributed by atoms with Crippen LogP contribution in [0.5, 0.6) is 11.5 Å². The topological polar surface area (TPSA) is 99.5 Å². The van der Waals surface area contributed by atoms with Crippen LogP contribution in [0.2, 0.25) is 0 Å². The molecule has 1 aliphatic rings. The number of hydrogen-bond donors (Lipinski definition) is 3. The van der Waals surface area contributed by atoms with Gasteiger partial charge in [0, 0.05) is 30.0 Å². The number of benzene rings is 2. The number of hydrogen-bond acceptors (Lipinski definition) is 6. The summed E-state index contributed by atoms with van der Waals surface area (Å²) in [6.07, 6.45) is -2.19. The fourth-order valence-electron chi connectivity index (χ4n) is 4.18. The summed E-state index contributed by atoms with van der Waals surface area (Å²) in [5, 5.41) is 29.5. The molecule has 2 aromatic rings. The van der Waals surface area contributed by atoms with Gasteiger partial charge in [-0.3, -0.25) is 4.79 Å². The molecule has 1 fully saturated rings. The first-order valence-corrected chi connectivity index (χ1v) is 10.9. The zero-order valence-electron chi connectivity index (χ0n) is 19.2. The average molecular weight is 454 g/mol. The zero-order chi connectivity index (χ0) is 24.0. The second kappa shape index (κ2) is 10.7. The highest BCUT2D eigenvalue weighted by Crippen LogP contribution is 2.47. The van der Waals surface area contributed by atoms with Crippen molar-refractivity contribution in [3.05, 3.63) is 59.7 Å². The number of carbonyl (C=O) groups is 1. The third kappa shape index (κ3) is 5.48. The van der Waals surface area contributed by atoms with Gasteiger partial charge < -0.3 is 29.7 Å². The van der Waals surface area contributed by atoms with Crippen LogP contribution < -0.4 is 9.47 Å². The van der Waals surface area contributed by atoms with Crippen LogP contribution in [0.3, 0.4) is 0 Å². The van der Waals surface area contributed by atoms with Crippen molar-refractivity contribution in [2.45, 2.75) is 32.0 Å². The maximum Gasteiger partial charge on any atom is 0.253 e. The minimum atomic E-state index is -1.47. The fraction of sp³-hybridized carbons (Fsp3) is 0.423. The SMILES string of the molecule is COc1ccc([C@@H]2CN(C(=O)[C@H](O)CO)C[C@@]2(C)[C@@H](C)O)cc1OCC#Cc1ccccc1. The van der Waals surface area contributed by atoms with Gasteiger partial charge in [-0.1, -0.05) is 43.0 Å². The van der Waals surface area contributed by atoms with E-state index in [9.17, 15) is 15.0 Å². The zero-order valence-corrected chi connectivity index (χ0v) is 19.2. The molecule has 1 amide bonds. The van der Waals surface area contributed by atoms with Crippen LogP contribution in [0.1, 0.15) is 30.9 Å². The van der Waals surface area contributed by atoms with E-state index in [1.165, 1.54) is 4.90 Å². The van der Waals surface area contributed by atoms with Crippen LogP contribution in [0.25, 0.3) is 0 Å². The van der Waals surface area contributed by atoms with Crippen molar-refractivity contribution < 1.29 is 29.6 Å². The fourth-order valence-corrected chi connectivity index (χ4v) is 4.18. The van der Waals surface area contributed by atoms with Crippen molar-refractivity contribution in [2.75, 3.05) is 33.4 Å². The van der Waals surface area contributed by atoms with Gasteiger partial charge in [0.2, 0.25) is 0 Å². The Bertz CT molecular complexity index is 1010. The number of rotatable bonds is 7.